The van der Waals surface area contributed by atoms with Crippen molar-refractivity contribution in [2.24, 2.45) is 5.41 Å². The van der Waals surface area contributed by atoms with E-state index in [1.807, 2.05) is 23.1 Å². The van der Waals surface area contributed by atoms with Crippen molar-refractivity contribution in [3.05, 3.63) is 28.2 Å². The predicted molar refractivity (Wildman–Crippen MR) is 84.2 cm³/mol. The molecule has 0 bridgehead atoms. The first-order chi connectivity index (χ1) is 9.43. The fraction of sp³-hybridized carbons (Fsp3) is 0.562. The number of carbonyl (C=O) groups is 1. The van der Waals surface area contributed by atoms with Crippen LogP contribution >= 0.6 is 15.9 Å². The predicted octanol–water partition coefficient (Wildman–Crippen LogP) is 4.11. The van der Waals surface area contributed by atoms with Crippen molar-refractivity contribution in [1.82, 2.24) is 4.90 Å². The maximum absolute atomic E-state index is 12.7. The zero-order valence-corrected chi connectivity index (χ0v) is 14.0. The van der Waals surface area contributed by atoms with Gasteiger partial charge >= 0.3 is 0 Å². The van der Waals surface area contributed by atoms with Crippen molar-refractivity contribution in [1.29, 1.82) is 0 Å². The molecular weight excluding hydrogens is 318 g/mol. The molecule has 0 atom stereocenters. The van der Waals surface area contributed by atoms with E-state index in [9.17, 15) is 4.79 Å². The Hall–Kier alpha value is -1.03. The van der Waals surface area contributed by atoms with Gasteiger partial charge in [-0.25, -0.2) is 0 Å². The van der Waals surface area contributed by atoms with Crippen LogP contribution in [0.3, 0.4) is 0 Å². The summed E-state index contributed by atoms with van der Waals surface area (Å²) >= 11 is 3.47. The summed E-state index contributed by atoms with van der Waals surface area (Å²) in [5, 5.41) is 0. The molecule has 1 heterocycles. The summed E-state index contributed by atoms with van der Waals surface area (Å²) in [5.41, 5.74) is 1.02. The first kappa shape index (κ1) is 15.4. The Balaban J connectivity index is 2.18. The minimum atomic E-state index is 0.0912. The van der Waals surface area contributed by atoms with Crippen molar-refractivity contribution in [2.45, 2.75) is 33.1 Å². The van der Waals surface area contributed by atoms with Gasteiger partial charge in [-0.05, 0) is 58.8 Å². The average Bonchev–Trinajstić information content (AvgIpc) is 2.59. The topological polar surface area (TPSA) is 29.5 Å². The standard InChI is InChI=1S/C16H22BrNO2/c1-16(2)7-4-9-18(10-8-16)15(19)13-11-12(20-3)5-6-14(13)17/h5-6,11H,4,7-10H2,1-3H3. The highest BCUT2D eigenvalue weighted by atomic mass is 79.9. The first-order valence-corrected chi connectivity index (χ1v) is 7.85. The summed E-state index contributed by atoms with van der Waals surface area (Å²) in [6.45, 7) is 6.23. The Kier molecular flexibility index (Phi) is 4.74. The number of ether oxygens (including phenoxy) is 1. The zero-order chi connectivity index (χ0) is 14.8. The van der Waals surface area contributed by atoms with Crippen LogP contribution in [-0.4, -0.2) is 31.0 Å². The number of carbonyl (C=O) groups excluding carboxylic acids is 1. The van der Waals surface area contributed by atoms with Crippen LogP contribution in [0.15, 0.2) is 22.7 Å². The number of nitrogens with zero attached hydrogens (tertiary/aromatic N) is 1. The number of halogens is 1. The van der Waals surface area contributed by atoms with Crippen LogP contribution < -0.4 is 4.74 Å². The van der Waals surface area contributed by atoms with Gasteiger partial charge < -0.3 is 9.64 Å². The van der Waals surface area contributed by atoms with E-state index in [2.05, 4.69) is 29.8 Å². The number of amides is 1. The van der Waals surface area contributed by atoms with Gasteiger partial charge in [0, 0.05) is 17.6 Å². The van der Waals surface area contributed by atoms with Crippen LogP contribution in [-0.2, 0) is 0 Å². The second-order valence-corrected chi connectivity index (χ2v) is 7.01. The molecule has 0 spiro atoms. The molecule has 1 aliphatic rings. The molecule has 1 aliphatic heterocycles. The highest BCUT2D eigenvalue weighted by molar-refractivity contribution is 9.10. The lowest BCUT2D eigenvalue weighted by molar-refractivity contribution is 0.0756. The van der Waals surface area contributed by atoms with Crippen LogP contribution in [0.4, 0.5) is 0 Å². The van der Waals surface area contributed by atoms with E-state index >= 15 is 0 Å². The van der Waals surface area contributed by atoms with Crippen molar-refractivity contribution in [2.75, 3.05) is 20.2 Å². The SMILES string of the molecule is COc1ccc(Br)c(C(=O)N2CCCC(C)(C)CC2)c1. The smallest absolute Gasteiger partial charge is 0.255 e. The lowest BCUT2D eigenvalue weighted by Gasteiger charge is -2.24. The molecule has 0 N–H and O–H groups in total. The molecule has 3 nitrogen and oxygen atoms in total. The van der Waals surface area contributed by atoms with E-state index in [4.69, 9.17) is 4.74 Å². The van der Waals surface area contributed by atoms with Gasteiger partial charge in [-0.15, -0.1) is 0 Å². The summed E-state index contributed by atoms with van der Waals surface area (Å²) in [6, 6.07) is 5.53. The largest absolute Gasteiger partial charge is 0.497 e. The molecular formula is C16H22BrNO2. The van der Waals surface area contributed by atoms with Gasteiger partial charge in [-0.3, -0.25) is 4.79 Å². The Morgan fingerprint density at radius 3 is 2.75 bits per heavy atom. The summed E-state index contributed by atoms with van der Waals surface area (Å²) < 4.78 is 6.04. The monoisotopic (exact) mass is 339 g/mol. The number of rotatable bonds is 2. The first-order valence-electron chi connectivity index (χ1n) is 7.06. The minimum absolute atomic E-state index is 0.0912. The number of hydrogen-bond acceptors (Lipinski definition) is 2. The molecule has 2 rings (SSSR count). The van der Waals surface area contributed by atoms with E-state index in [0.29, 0.717) is 16.7 Å². The summed E-state index contributed by atoms with van der Waals surface area (Å²) in [4.78, 5) is 14.7. The van der Waals surface area contributed by atoms with E-state index in [-0.39, 0.29) is 5.91 Å². The third-order valence-corrected chi connectivity index (χ3v) is 4.72. The van der Waals surface area contributed by atoms with Gasteiger partial charge in [-0.2, -0.15) is 0 Å². The van der Waals surface area contributed by atoms with Crippen LogP contribution in [0, 0.1) is 5.41 Å². The molecule has 1 fully saturated rings. The molecule has 0 aromatic heterocycles. The molecule has 1 saturated heterocycles. The van der Waals surface area contributed by atoms with E-state index in [1.54, 1.807) is 7.11 Å². The molecule has 0 saturated carbocycles. The number of likely N-dealkylation sites (tertiary alicyclic amines) is 1. The molecule has 20 heavy (non-hydrogen) atoms. The normalized spacial score (nSPS) is 18.5. The number of benzene rings is 1. The highest BCUT2D eigenvalue weighted by Crippen LogP contribution is 2.31. The summed E-state index contributed by atoms with van der Waals surface area (Å²) in [5.74, 6) is 0.806. The second-order valence-electron chi connectivity index (χ2n) is 6.16. The molecule has 0 unspecified atom stereocenters. The van der Waals surface area contributed by atoms with Crippen molar-refractivity contribution >= 4 is 21.8 Å². The second kappa shape index (κ2) is 6.17. The van der Waals surface area contributed by atoms with E-state index in [0.717, 1.165) is 30.4 Å². The quantitative estimate of drug-likeness (QED) is 0.811. The van der Waals surface area contributed by atoms with Gasteiger partial charge in [-0.1, -0.05) is 13.8 Å². The molecule has 1 aromatic carbocycles. The summed E-state index contributed by atoms with van der Waals surface area (Å²) in [7, 11) is 1.62. The van der Waals surface area contributed by atoms with Crippen molar-refractivity contribution in [3.8, 4) is 5.75 Å². The number of methoxy groups -OCH3 is 1. The van der Waals surface area contributed by atoms with Crippen LogP contribution in [0.5, 0.6) is 5.75 Å². The van der Waals surface area contributed by atoms with Crippen LogP contribution in [0.2, 0.25) is 0 Å². The molecule has 1 aromatic rings. The van der Waals surface area contributed by atoms with Crippen LogP contribution in [0.25, 0.3) is 0 Å². The highest BCUT2D eigenvalue weighted by Gasteiger charge is 2.26. The lowest BCUT2D eigenvalue weighted by Crippen LogP contribution is -2.32. The molecule has 4 heteroatoms. The summed E-state index contributed by atoms with van der Waals surface area (Å²) in [6.07, 6.45) is 3.30. The molecule has 0 radical (unpaired) electrons. The molecule has 110 valence electrons. The Morgan fingerprint density at radius 2 is 2.05 bits per heavy atom. The maximum Gasteiger partial charge on any atom is 0.255 e. The fourth-order valence-corrected chi connectivity index (χ4v) is 3.01. The van der Waals surface area contributed by atoms with Crippen molar-refractivity contribution < 1.29 is 9.53 Å². The van der Waals surface area contributed by atoms with Crippen molar-refractivity contribution in [3.63, 3.8) is 0 Å². The van der Waals surface area contributed by atoms with E-state index < -0.39 is 0 Å². The van der Waals surface area contributed by atoms with Gasteiger partial charge in [0.05, 0.1) is 12.7 Å². The van der Waals surface area contributed by atoms with Crippen LogP contribution in [0.1, 0.15) is 43.5 Å². The van der Waals surface area contributed by atoms with Gasteiger partial charge in [0.2, 0.25) is 0 Å². The number of hydrogen-bond donors (Lipinski definition) is 0. The lowest BCUT2D eigenvalue weighted by atomic mass is 9.85. The maximum atomic E-state index is 12.7. The Morgan fingerprint density at radius 1 is 1.30 bits per heavy atom. The molecule has 1 amide bonds. The van der Waals surface area contributed by atoms with Gasteiger partial charge in [0.25, 0.3) is 5.91 Å². The zero-order valence-electron chi connectivity index (χ0n) is 12.4. The fourth-order valence-electron chi connectivity index (χ4n) is 2.59. The van der Waals surface area contributed by atoms with Gasteiger partial charge in [0.1, 0.15) is 5.75 Å². The Labute approximate surface area is 129 Å². The van der Waals surface area contributed by atoms with Gasteiger partial charge in [0.15, 0.2) is 0 Å². The third kappa shape index (κ3) is 3.54. The minimum Gasteiger partial charge on any atom is -0.497 e. The average molecular weight is 340 g/mol. The Bertz CT molecular complexity index is 499. The third-order valence-electron chi connectivity index (χ3n) is 4.03. The van der Waals surface area contributed by atoms with E-state index in [1.165, 1.54) is 6.42 Å². The molecule has 0 aliphatic carbocycles.